The molecule has 2 N–H and O–H groups in total. The first-order valence-electron chi connectivity index (χ1n) is 20.4. The van der Waals surface area contributed by atoms with Gasteiger partial charge < -0.3 is 38.5 Å². The Morgan fingerprint density at radius 2 is 1.30 bits per heavy atom. The van der Waals surface area contributed by atoms with Crippen LogP contribution >= 0.6 is 0 Å². The number of benzene rings is 4. The van der Waals surface area contributed by atoms with Gasteiger partial charge in [-0.1, -0.05) is 114 Å². The molecule has 12 nitrogen and oxygen atoms in total. The summed E-state index contributed by atoms with van der Waals surface area (Å²) in [4.78, 5) is 30.9. The number of aliphatic hydroxyl groups is 1. The van der Waals surface area contributed by atoms with Crippen LogP contribution in [0.15, 0.2) is 126 Å². The minimum atomic E-state index is -2.38. The van der Waals surface area contributed by atoms with Gasteiger partial charge in [0.05, 0.1) is 20.8 Å². The van der Waals surface area contributed by atoms with Crippen molar-refractivity contribution < 1.29 is 38.0 Å². The molecular formula is C47H57N3O9Si. The zero-order chi connectivity index (χ0) is 43.0. The number of aromatic nitrogens is 2. The van der Waals surface area contributed by atoms with Crippen LogP contribution in [0, 0.1) is 0 Å². The summed E-state index contributed by atoms with van der Waals surface area (Å²) in [6.07, 6.45) is -2.96. The number of carbonyl (C=O) groups is 1. The summed E-state index contributed by atoms with van der Waals surface area (Å²) >= 11 is 0. The molecule has 5 aromatic rings. The Labute approximate surface area is 353 Å². The van der Waals surface area contributed by atoms with Crippen LogP contribution in [-0.4, -0.2) is 74.8 Å². The first-order valence-corrected chi connectivity index (χ1v) is 22.5. The summed E-state index contributed by atoms with van der Waals surface area (Å²) in [5.41, 5.74) is 1.80. The number of nitrogens with one attached hydrogen (secondary N) is 1. The van der Waals surface area contributed by atoms with Gasteiger partial charge in [-0.25, -0.2) is 4.79 Å². The van der Waals surface area contributed by atoms with E-state index < -0.39 is 50.1 Å². The number of amides is 1. The lowest BCUT2D eigenvalue weighted by atomic mass is 9.80. The van der Waals surface area contributed by atoms with Crippen LogP contribution in [0.3, 0.4) is 0 Å². The van der Waals surface area contributed by atoms with Gasteiger partial charge in [0.15, 0.2) is 6.23 Å². The molecule has 2 heterocycles. The lowest BCUT2D eigenvalue weighted by Crippen LogP contribution is -2.49. The Morgan fingerprint density at radius 3 is 1.80 bits per heavy atom. The van der Waals surface area contributed by atoms with Crippen molar-refractivity contribution >= 4 is 20.0 Å². The van der Waals surface area contributed by atoms with E-state index >= 15 is 0 Å². The Kier molecular flexibility index (Phi) is 14.4. The van der Waals surface area contributed by atoms with Crippen LogP contribution < -0.4 is 20.5 Å². The maximum Gasteiger partial charge on any atom is 0.351 e. The molecule has 60 heavy (non-hydrogen) atoms. The molecule has 0 unspecified atom stereocenters. The maximum atomic E-state index is 13.8. The lowest BCUT2D eigenvalue weighted by molar-refractivity contribution is -0.116. The molecule has 0 bridgehead atoms. The number of anilines is 1. The van der Waals surface area contributed by atoms with Gasteiger partial charge in [0.2, 0.25) is 8.32 Å². The molecule has 318 valence electrons. The number of aliphatic hydroxyl groups excluding tert-OH is 1. The average Bonchev–Trinajstić information content (AvgIpc) is 3.56. The van der Waals surface area contributed by atoms with E-state index in [4.69, 9.17) is 28.1 Å². The van der Waals surface area contributed by atoms with Gasteiger partial charge in [-0.05, 0) is 75.8 Å². The molecular weight excluding hydrogens is 779 g/mol. The van der Waals surface area contributed by atoms with Crippen molar-refractivity contribution in [3.63, 3.8) is 0 Å². The summed E-state index contributed by atoms with van der Waals surface area (Å²) in [7, 11) is 0.851. The molecule has 1 aromatic heterocycles. The summed E-state index contributed by atoms with van der Waals surface area (Å²) in [5.74, 6) is 1.02. The van der Waals surface area contributed by atoms with E-state index in [0.717, 1.165) is 16.7 Å². The molecule has 6 rings (SSSR count). The van der Waals surface area contributed by atoms with E-state index in [1.165, 1.54) is 16.8 Å². The number of hydrogen-bond acceptors (Lipinski definition) is 10. The third-order valence-corrected chi connectivity index (χ3v) is 17.6. The van der Waals surface area contributed by atoms with Crippen molar-refractivity contribution in [2.24, 2.45) is 0 Å². The van der Waals surface area contributed by atoms with Crippen LogP contribution in [0.25, 0.3) is 0 Å². The molecule has 1 saturated heterocycles. The third-order valence-electron chi connectivity index (χ3n) is 11.6. The lowest BCUT2D eigenvalue weighted by Gasteiger charge is -2.42. The molecule has 1 fully saturated rings. The van der Waals surface area contributed by atoms with Gasteiger partial charge in [0, 0.05) is 11.8 Å². The van der Waals surface area contributed by atoms with Crippen molar-refractivity contribution in [2.75, 3.05) is 32.9 Å². The van der Waals surface area contributed by atoms with Crippen molar-refractivity contribution in [1.82, 2.24) is 9.55 Å². The molecule has 1 aliphatic heterocycles. The minimum absolute atomic E-state index is 0.0672. The topological polar surface area (TPSA) is 140 Å². The fraction of sp³-hybridized carbons (Fsp3) is 0.383. The van der Waals surface area contributed by atoms with Crippen LogP contribution in [0.1, 0.15) is 74.8 Å². The fourth-order valence-corrected chi connectivity index (χ4v) is 14.0. The van der Waals surface area contributed by atoms with Gasteiger partial charge in [-0.3, -0.25) is 9.36 Å². The number of methoxy groups -OCH3 is 2. The molecule has 4 atom stereocenters. The first kappa shape index (κ1) is 44.4. The van der Waals surface area contributed by atoms with E-state index in [1.54, 1.807) is 38.5 Å². The Balaban J connectivity index is 1.36. The summed E-state index contributed by atoms with van der Waals surface area (Å²) in [6, 6.07) is 35.3. The van der Waals surface area contributed by atoms with Crippen molar-refractivity contribution in [3.8, 4) is 11.5 Å². The van der Waals surface area contributed by atoms with E-state index in [-0.39, 0.29) is 35.8 Å². The van der Waals surface area contributed by atoms with Gasteiger partial charge in [-0.2, -0.15) is 4.98 Å². The summed E-state index contributed by atoms with van der Waals surface area (Å²) in [5, 5.41) is 14.9. The zero-order valence-corrected chi connectivity index (χ0v) is 36.6. The summed E-state index contributed by atoms with van der Waals surface area (Å²) < 4.78 is 39.2. The molecule has 0 radical (unpaired) electrons. The Morgan fingerprint density at radius 1 is 0.783 bits per heavy atom. The number of rotatable bonds is 18. The van der Waals surface area contributed by atoms with Crippen LogP contribution in [0.4, 0.5) is 5.82 Å². The fourth-order valence-electron chi connectivity index (χ4n) is 8.71. The number of carbonyl (C=O) groups excluding carboxylic acids is 1. The predicted octanol–water partition coefficient (Wildman–Crippen LogP) is 8.31. The monoisotopic (exact) mass is 835 g/mol. The quantitative estimate of drug-likeness (QED) is 0.0504. The molecule has 13 heteroatoms. The smallest absolute Gasteiger partial charge is 0.351 e. The SMILES string of the molecule is COc1ccc(C(OC[C@H]2O[C@@H](n3ccc(NC(=O)c4ccccc4)nc3=O)[C@H](OCO[Si](C(C)C)(C(C)C)C(C)C)[C@@H]2O)(c2ccccc2)c2ccc(OC)cc2)cc1. The van der Waals surface area contributed by atoms with Crippen LogP contribution in [0.2, 0.25) is 16.6 Å². The van der Waals surface area contributed by atoms with Crippen LogP contribution in [-0.2, 0) is 24.2 Å². The standard InChI is InChI=1S/C47H57N3O9Si/c1-31(2)60(32(3)4,33(5)6)58-30-56-43-42(51)40(59-45(43)50-28-27-41(49-46(50)53)48-44(52)34-15-11-9-12-16-34)29-57-47(35-17-13-10-14-18-35,36-19-23-38(54-7)24-20-36)37-21-25-39(55-8)26-22-37/h9-28,31-33,40,42-43,45,51H,29-30H2,1-8H3,(H,48,49,52,53)/t40-,42-,43-,45-/m1/s1. The molecule has 0 saturated carbocycles. The molecule has 0 spiro atoms. The second-order valence-corrected chi connectivity index (χ2v) is 21.4. The van der Waals surface area contributed by atoms with Crippen molar-refractivity contribution in [1.29, 1.82) is 0 Å². The van der Waals surface area contributed by atoms with Gasteiger partial charge in [0.25, 0.3) is 5.91 Å². The minimum Gasteiger partial charge on any atom is -0.497 e. The van der Waals surface area contributed by atoms with Crippen molar-refractivity contribution in [2.45, 2.75) is 88.3 Å². The third kappa shape index (κ3) is 9.11. The average molecular weight is 836 g/mol. The van der Waals surface area contributed by atoms with E-state index in [9.17, 15) is 14.7 Å². The Bertz CT molecular complexity index is 2130. The normalized spacial score (nSPS) is 18.3. The molecule has 4 aromatic carbocycles. The maximum absolute atomic E-state index is 13.8. The number of ether oxygens (including phenoxy) is 5. The van der Waals surface area contributed by atoms with E-state index in [1.807, 2.05) is 84.9 Å². The van der Waals surface area contributed by atoms with E-state index in [2.05, 4.69) is 51.8 Å². The molecule has 1 aliphatic rings. The predicted molar refractivity (Wildman–Crippen MR) is 233 cm³/mol. The highest BCUT2D eigenvalue weighted by Crippen LogP contribution is 2.44. The number of nitrogens with zero attached hydrogens (tertiary/aromatic N) is 2. The van der Waals surface area contributed by atoms with Gasteiger partial charge in [-0.15, -0.1) is 0 Å². The summed E-state index contributed by atoms with van der Waals surface area (Å²) in [6.45, 7) is 12.9. The van der Waals surface area contributed by atoms with Crippen LogP contribution in [0.5, 0.6) is 11.5 Å². The highest BCUT2D eigenvalue weighted by molar-refractivity contribution is 6.77. The number of hydrogen-bond donors (Lipinski definition) is 2. The van der Waals surface area contributed by atoms with Gasteiger partial charge in [0.1, 0.15) is 48.0 Å². The zero-order valence-electron chi connectivity index (χ0n) is 35.6. The first-order chi connectivity index (χ1) is 28.8. The van der Waals surface area contributed by atoms with Gasteiger partial charge >= 0.3 is 5.69 Å². The highest BCUT2D eigenvalue weighted by Gasteiger charge is 2.50. The Hall–Kier alpha value is -5.15. The second kappa shape index (κ2) is 19.5. The molecule has 0 aliphatic carbocycles. The molecule has 1 amide bonds. The largest absolute Gasteiger partial charge is 0.497 e. The van der Waals surface area contributed by atoms with E-state index in [0.29, 0.717) is 17.1 Å². The van der Waals surface area contributed by atoms with Crippen molar-refractivity contribution in [3.05, 3.63) is 154 Å². The second-order valence-electron chi connectivity index (χ2n) is 15.9. The highest BCUT2D eigenvalue weighted by atomic mass is 28.4.